The number of aromatic nitrogens is 1. The Bertz CT molecular complexity index is 915. The molecule has 0 aliphatic carbocycles. The first-order chi connectivity index (χ1) is 10.0. The number of aromatic amines is 1. The summed E-state index contributed by atoms with van der Waals surface area (Å²) in [5, 5.41) is 10.3. The van der Waals surface area contributed by atoms with E-state index in [0.717, 1.165) is 11.1 Å². The third kappa shape index (κ3) is 2.53. The highest BCUT2D eigenvalue weighted by molar-refractivity contribution is 6.30. The van der Waals surface area contributed by atoms with Gasteiger partial charge in [0.2, 0.25) is 0 Å². The number of aromatic carboxylic acids is 1. The Morgan fingerprint density at radius 1 is 1.05 bits per heavy atom. The molecule has 1 heterocycles. The maximum absolute atomic E-state index is 11.6. The maximum atomic E-state index is 11.6. The number of fused-ring (bicyclic) bond motifs is 1. The lowest BCUT2D eigenvalue weighted by molar-refractivity contribution is 0.0695. The van der Waals surface area contributed by atoms with Gasteiger partial charge in [-0.1, -0.05) is 29.8 Å². The molecular formula is C16H10ClNO3. The molecule has 0 saturated carbocycles. The number of benzene rings is 2. The molecule has 0 amide bonds. The Morgan fingerprint density at radius 3 is 2.52 bits per heavy atom. The summed E-state index contributed by atoms with van der Waals surface area (Å²) < 4.78 is 0. The van der Waals surface area contributed by atoms with Crippen LogP contribution >= 0.6 is 11.6 Å². The number of pyridine rings is 1. The highest BCUT2D eigenvalue weighted by Gasteiger charge is 2.10. The minimum atomic E-state index is -1.24. The summed E-state index contributed by atoms with van der Waals surface area (Å²) in [5.74, 6) is -1.24. The first-order valence-corrected chi connectivity index (χ1v) is 6.59. The molecule has 0 radical (unpaired) electrons. The third-order valence-corrected chi connectivity index (χ3v) is 3.47. The predicted molar refractivity (Wildman–Crippen MR) is 82.0 cm³/mol. The highest BCUT2D eigenvalue weighted by Crippen LogP contribution is 2.25. The molecule has 21 heavy (non-hydrogen) atoms. The van der Waals surface area contributed by atoms with E-state index in [9.17, 15) is 9.59 Å². The van der Waals surface area contributed by atoms with Crippen LogP contribution in [-0.2, 0) is 0 Å². The van der Waals surface area contributed by atoms with Gasteiger partial charge < -0.3 is 10.1 Å². The van der Waals surface area contributed by atoms with E-state index in [-0.39, 0.29) is 5.56 Å². The fourth-order valence-corrected chi connectivity index (χ4v) is 2.40. The van der Waals surface area contributed by atoms with Gasteiger partial charge >= 0.3 is 5.97 Å². The van der Waals surface area contributed by atoms with Crippen LogP contribution in [-0.4, -0.2) is 16.1 Å². The summed E-state index contributed by atoms with van der Waals surface area (Å²) in [4.78, 5) is 25.2. The van der Waals surface area contributed by atoms with Crippen molar-refractivity contribution in [1.82, 2.24) is 4.98 Å². The first-order valence-electron chi connectivity index (χ1n) is 6.21. The second-order valence-corrected chi connectivity index (χ2v) is 5.07. The molecule has 2 aromatic carbocycles. The van der Waals surface area contributed by atoms with Gasteiger partial charge in [-0.05, 0) is 46.8 Å². The molecule has 0 fully saturated rings. The summed E-state index contributed by atoms with van der Waals surface area (Å²) in [6.45, 7) is 0. The van der Waals surface area contributed by atoms with E-state index in [1.165, 1.54) is 6.07 Å². The van der Waals surface area contributed by atoms with Crippen molar-refractivity contribution in [2.75, 3.05) is 0 Å². The van der Waals surface area contributed by atoms with Gasteiger partial charge in [-0.15, -0.1) is 0 Å². The number of hydrogen-bond acceptors (Lipinski definition) is 2. The van der Waals surface area contributed by atoms with E-state index >= 15 is 0 Å². The molecule has 1 aromatic heterocycles. The van der Waals surface area contributed by atoms with Crippen molar-refractivity contribution in [1.29, 1.82) is 0 Å². The number of carbonyl (C=O) groups is 1. The molecule has 4 nitrogen and oxygen atoms in total. The Kier molecular flexibility index (Phi) is 3.23. The van der Waals surface area contributed by atoms with Crippen molar-refractivity contribution >= 4 is 28.5 Å². The molecule has 0 bridgehead atoms. The first kappa shape index (κ1) is 13.4. The molecule has 0 aliphatic heterocycles. The molecule has 5 heteroatoms. The van der Waals surface area contributed by atoms with E-state index in [4.69, 9.17) is 16.7 Å². The van der Waals surface area contributed by atoms with Crippen LogP contribution in [0.5, 0.6) is 0 Å². The number of halogens is 1. The van der Waals surface area contributed by atoms with E-state index in [1.807, 2.05) is 30.3 Å². The average Bonchev–Trinajstić information content (AvgIpc) is 2.46. The lowest BCUT2D eigenvalue weighted by Gasteiger charge is -2.05. The van der Waals surface area contributed by atoms with Crippen molar-refractivity contribution in [3.63, 3.8) is 0 Å². The van der Waals surface area contributed by atoms with Gasteiger partial charge in [-0.25, -0.2) is 4.79 Å². The maximum Gasteiger partial charge on any atom is 0.341 e. The monoisotopic (exact) mass is 299 g/mol. The van der Waals surface area contributed by atoms with E-state index in [2.05, 4.69) is 4.98 Å². The fourth-order valence-electron chi connectivity index (χ4n) is 2.21. The minimum Gasteiger partial charge on any atom is -0.477 e. The third-order valence-electron chi connectivity index (χ3n) is 3.23. The second kappa shape index (κ2) is 5.07. The van der Waals surface area contributed by atoms with Crippen LogP contribution in [0.1, 0.15) is 10.4 Å². The van der Waals surface area contributed by atoms with Crippen LogP contribution in [0.4, 0.5) is 0 Å². The van der Waals surface area contributed by atoms with Crippen LogP contribution in [0.3, 0.4) is 0 Å². The largest absolute Gasteiger partial charge is 0.477 e. The van der Waals surface area contributed by atoms with Crippen molar-refractivity contribution in [2.24, 2.45) is 0 Å². The molecule has 104 valence electrons. The number of carboxylic acid groups (broad SMARTS) is 1. The summed E-state index contributed by atoms with van der Waals surface area (Å²) in [6, 6.07) is 14.2. The Labute approximate surface area is 124 Å². The summed E-state index contributed by atoms with van der Waals surface area (Å²) in [7, 11) is 0. The quantitative estimate of drug-likeness (QED) is 0.760. The second-order valence-electron chi connectivity index (χ2n) is 4.63. The van der Waals surface area contributed by atoms with Crippen LogP contribution < -0.4 is 5.56 Å². The standard InChI is InChI=1S/C16H10ClNO3/c17-12-3-1-2-9(7-12)10-4-5-14-11(6-10)8-13(16(20)21)15(19)18-14/h1-8H,(H,18,19)(H,20,21). The molecule has 3 rings (SSSR count). The van der Waals surface area contributed by atoms with Crippen molar-refractivity contribution < 1.29 is 9.90 Å². The zero-order valence-corrected chi connectivity index (χ0v) is 11.5. The van der Waals surface area contributed by atoms with Crippen molar-refractivity contribution in [2.45, 2.75) is 0 Å². The van der Waals surface area contributed by atoms with Gasteiger partial charge in [0.15, 0.2) is 0 Å². The topological polar surface area (TPSA) is 70.2 Å². The lowest BCUT2D eigenvalue weighted by Crippen LogP contribution is -2.16. The van der Waals surface area contributed by atoms with Gasteiger partial charge in [0.1, 0.15) is 5.56 Å². The van der Waals surface area contributed by atoms with Gasteiger partial charge in [0.05, 0.1) is 0 Å². The van der Waals surface area contributed by atoms with Gasteiger partial charge in [0, 0.05) is 10.5 Å². The summed E-state index contributed by atoms with van der Waals surface area (Å²) in [5.41, 5.74) is 1.54. The number of hydrogen-bond donors (Lipinski definition) is 2. The molecular weight excluding hydrogens is 290 g/mol. The zero-order valence-electron chi connectivity index (χ0n) is 10.8. The number of carboxylic acids is 1. The Balaban J connectivity index is 2.22. The normalized spacial score (nSPS) is 10.7. The fraction of sp³-hybridized carbons (Fsp3) is 0. The number of H-pyrrole nitrogens is 1. The molecule has 0 saturated heterocycles. The summed E-state index contributed by atoms with van der Waals surface area (Å²) in [6.07, 6.45) is 0. The molecule has 3 aromatic rings. The van der Waals surface area contributed by atoms with E-state index in [1.54, 1.807) is 12.1 Å². The van der Waals surface area contributed by atoms with Crippen LogP contribution in [0, 0.1) is 0 Å². The lowest BCUT2D eigenvalue weighted by atomic mass is 10.0. The van der Waals surface area contributed by atoms with Crippen molar-refractivity contribution in [3.8, 4) is 11.1 Å². The zero-order chi connectivity index (χ0) is 15.0. The molecule has 0 spiro atoms. The minimum absolute atomic E-state index is 0.272. The van der Waals surface area contributed by atoms with Crippen LogP contribution in [0.25, 0.3) is 22.0 Å². The average molecular weight is 300 g/mol. The SMILES string of the molecule is O=C(O)c1cc2cc(-c3cccc(Cl)c3)ccc2[nH]c1=O. The Hall–Kier alpha value is -2.59. The van der Waals surface area contributed by atoms with Crippen LogP contribution in [0.2, 0.25) is 5.02 Å². The van der Waals surface area contributed by atoms with Crippen molar-refractivity contribution in [3.05, 3.63) is 69.5 Å². The Morgan fingerprint density at radius 2 is 1.81 bits per heavy atom. The van der Waals surface area contributed by atoms with E-state index < -0.39 is 11.5 Å². The number of nitrogens with one attached hydrogen (secondary N) is 1. The molecule has 0 atom stereocenters. The van der Waals surface area contributed by atoms with Gasteiger partial charge in [-0.3, -0.25) is 4.79 Å². The van der Waals surface area contributed by atoms with Gasteiger partial charge in [0.25, 0.3) is 5.56 Å². The van der Waals surface area contributed by atoms with E-state index in [0.29, 0.717) is 15.9 Å². The van der Waals surface area contributed by atoms with Crippen LogP contribution in [0.15, 0.2) is 53.3 Å². The molecule has 0 unspecified atom stereocenters. The summed E-state index contributed by atoms with van der Waals surface area (Å²) >= 11 is 5.98. The smallest absolute Gasteiger partial charge is 0.341 e. The van der Waals surface area contributed by atoms with Gasteiger partial charge in [-0.2, -0.15) is 0 Å². The highest BCUT2D eigenvalue weighted by atomic mass is 35.5. The molecule has 2 N–H and O–H groups in total. The number of rotatable bonds is 2. The predicted octanol–water partition coefficient (Wildman–Crippen LogP) is 3.55. The molecule has 0 aliphatic rings.